The number of halogens is 2. The molecule has 0 radical (unpaired) electrons. The van der Waals surface area contributed by atoms with Gasteiger partial charge in [0.25, 0.3) is 0 Å². The molecule has 4 heteroatoms. The Labute approximate surface area is 129 Å². The van der Waals surface area contributed by atoms with Gasteiger partial charge in [-0.25, -0.2) is 4.39 Å². The highest BCUT2D eigenvalue weighted by Crippen LogP contribution is 2.22. The SMILES string of the molecule is CC(C)(C)NCC1CCCN1Cc1cc(F)cc(Br)c1. The van der Waals surface area contributed by atoms with Crippen LogP contribution in [0.4, 0.5) is 4.39 Å². The Morgan fingerprint density at radius 3 is 2.75 bits per heavy atom. The first-order valence-corrected chi connectivity index (χ1v) is 8.07. The second-order valence-corrected chi connectivity index (χ2v) is 7.59. The van der Waals surface area contributed by atoms with Crippen molar-refractivity contribution in [3.05, 3.63) is 34.1 Å². The minimum Gasteiger partial charge on any atom is -0.311 e. The van der Waals surface area contributed by atoms with Crippen molar-refractivity contribution >= 4 is 15.9 Å². The normalized spacial score (nSPS) is 20.6. The molecule has 2 rings (SSSR count). The van der Waals surface area contributed by atoms with Gasteiger partial charge >= 0.3 is 0 Å². The van der Waals surface area contributed by atoms with Crippen LogP contribution in [0.15, 0.2) is 22.7 Å². The third-order valence-electron chi connectivity index (χ3n) is 3.68. The van der Waals surface area contributed by atoms with E-state index in [9.17, 15) is 4.39 Å². The van der Waals surface area contributed by atoms with Crippen LogP contribution in [0.3, 0.4) is 0 Å². The Morgan fingerprint density at radius 2 is 2.10 bits per heavy atom. The molecule has 0 aromatic heterocycles. The van der Waals surface area contributed by atoms with E-state index in [1.165, 1.54) is 18.9 Å². The largest absolute Gasteiger partial charge is 0.311 e. The maximum absolute atomic E-state index is 13.4. The lowest BCUT2D eigenvalue weighted by Gasteiger charge is -2.29. The van der Waals surface area contributed by atoms with Gasteiger partial charge in [0.2, 0.25) is 0 Å². The summed E-state index contributed by atoms with van der Waals surface area (Å²) in [6.07, 6.45) is 2.45. The molecule has 0 saturated carbocycles. The van der Waals surface area contributed by atoms with Gasteiger partial charge in [0.05, 0.1) is 0 Å². The molecule has 20 heavy (non-hydrogen) atoms. The van der Waals surface area contributed by atoms with Crippen molar-refractivity contribution < 1.29 is 4.39 Å². The molecule has 112 valence electrons. The van der Waals surface area contributed by atoms with Gasteiger partial charge in [0.15, 0.2) is 0 Å². The van der Waals surface area contributed by atoms with Crippen LogP contribution in [0.25, 0.3) is 0 Å². The zero-order chi connectivity index (χ0) is 14.8. The van der Waals surface area contributed by atoms with Crippen LogP contribution >= 0.6 is 15.9 Å². The Balaban J connectivity index is 1.97. The molecule has 1 saturated heterocycles. The van der Waals surface area contributed by atoms with E-state index >= 15 is 0 Å². The van der Waals surface area contributed by atoms with E-state index in [2.05, 4.69) is 46.9 Å². The summed E-state index contributed by atoms with van der Waals surface area (Å²) in [4.78, 5) is 2.46. The summed E-state index contributed by atoms with van der Waals surface area (Å²) in [5, 5.41) is 3.58. The van der Waals surface area contributed by atoms with Gasteiger partial charge in [-0.05, 0) is 63.9 Å². The fourth-order valence-electron chi connectivity index (χ4n) is 2.70. The molecule has 0 bridgehead atoms. The molecular formula is C16H24BrFN2. The predicted molar refractivity (Wildman–Crippen MR) is 85.3 cm³/mol. The van der Waals surface area contributed by atoms with Crippen LogP contribution in [-0.4, -0.2) is 29.6 Å². The zero-order valence-electron chi connectivity index (χ0n) is 12.5. The van der Waals surface area contributed by atoms with Crippen LogP contribution in [0, 0.1) is 5.82 Å². The molecule has 2 nitrogen and oxygen atoms in total. The fourth-order valence-corrected chi connectivity index (χ4v) is 3.21. The summed E-state index contributed by atoms with van der Waals surface area (Å²) in [5.41, 5.74) is 1.19. The molecule has 1 aliphatic heterocycles. The Morgan fingerprint density at radius 1 is 1.35 bits per heavy atom. The summed E-state index contributed by atoms with van der Waals surface area (Å²) in [6.45, 7) is 9.50. The Kier molecular flexibility index (Phi) is 5.21. The number of nitrogens with one attached hydrogen (secondary N) is 1. The smallest absolute Gasteiger partial charge is 0.124 e. The number of nitrogens with zero attached hydrogens (tertiary/aromatic N) is 1. The lowest BCUT2D eigenvalue weighted by atomic mass is 10.1. The fraction of sp³-hybridized carbons (Fsp3) is 0.625. The average molecular weight is 343 g/mol. The first kappa shape index (κ1) is 15.9. The van der Waals surface area contributed by atoms with Crippen LogP contribution in [0.5, 0.6) is 0 Å². The molecule has 1 fully saturated rings. The highest BCUT2D eigenvalue weighted by Gasteiger charge is 2.25. The van der Waals surface area contributed by atoms with Crippen LogP contribution in [0.1, 0.15) is 39.2 Å². The highest BCUT2D eigenvalue weighted by molar-refractivity contribution is 9.10. The monoisotopic (exact) mass is 342 g/mol. The third kappa shape index (κ3) is 4.83. The van der Waals surface area contributed by atoms with E-state index in [-0.39, 0.29) is 11.4 Å². The number of hydrogen-bond acceptors (Lipinski definition) is 2. The second kappa shape index (κ2) is 6.54. The van der Waals surface area contributed by atoms with Gasteiger partial charge in [-0.15, -0.1) is 0 Å². The number of benzene rings is 1. The second-order valence-electron chi connectivity index (χ2n) is 6.68. The molecule has 1 atom stereocenters. The molecule has 0 amide bonds. The summed E-state index contributed by atoms with van der Waals surface area (Å²) in [5.74, 6) is -0.169. The number of rotatable bonds is 4. The van der Waals surface area contributed by atoms with Crippen molar-refractivity contribution in [3.63, 3.8) is 0 Å². The van der Waals surface area contributed by atoms with Gasteiger partial charge < -0.3 is 5.32 Å². The Hall–Kier alpha value is -0.450. The third-order valence-corrected chi connectivity index (χ3v) is 4.13. The summed E-state index contributed by atoms with van der Waals surface area (Å²) in [7, 11) is 0. The van der Waals surface area contributed by atoms with Gasteiger partial charge in [-0.3, -0.25) is 4.90 Å². The molecule has 0 aliphatic carbocycles. The molecule has 1 aromatic carbocycles. The molecule has 1 unspecified atom stereocenters. The minimum absolute atomic E-state index is 0.149. The zero-order valence-corrected chi connectivity index (χ0v) is 14.1. The standard InChI is InChI=1S/C16H24BrFN2/c1-16(2,3)19-10-15-5-4-6-20(15)11-12-7-13(17)9-14(18)8-12/h7-9,15,19H,4-6,10-11H2,1-3H3. The van der Waals surface area contributed by atoms with Crippen molar-refractivity contribution in [2.75, 3.05) is 13.1 Å². The van der Waals surface area contributed by atoms with Crippen molar-refractivity contribution in [2.45, 2.75) is 51.7 Å². The number of likely N-dealkylation sites (tertiary alicyclic amines) is 1. The first-order chi connectivity index (χ1) is 9.33. The highest BCUT2D eigenvalue weighted by atomic mass is 79.9. The van der Waals surface area contributed by atoms with Crippen LogP contribution < -0.4 is 5.32 Å². The quantitative estimate of drug-likeness (QED) is 0.891. The van der Waals surface area contributed by atoms with Gasteiger partial charge in [-0.2, -0.15) is 0 Å². The van der Waals surface area contributed by atoms with Crippen molar-refractivity contribution in [1.82, 2.24) is 10.2 Å². The molecule has 1 aliphatic rings. The van der Waals surface area contributed by atoms with Crippen LogP contribution in [-0.2, 0) is 6.54 Å². The maximum atomic E-state index is 13.4. The maximum Gasteiger partial charge on any atom is 0.124 e. The Bertz CT molecular complexity index is 436. The first-order valence-electron chi connectivity index (χ1n) is 7.27. The molecule has 1 aromatic rings. The topological polar surface area (TPSA) is 15.3 Å². The summed E-state index contributed by atoms with van der Waals surface area (Å²) >= 11 is 3.36. The summed E-state index contributed by atoms with van der Waals surface area (Å²) < 4.78 is 14.3. The molecular weight excluding hydrogens is 319 g/mol. The van der Waals surface area contributed by atoms with Crippen molar-refractivity contribution in [2.24, 2.45) is 0 Å². The predicted octanol–water partition coefficient (Wildman–Crippen LogP) is 3.94. The van der Waals surface area contributed by atoms with Gasteiger partial charge in [0, 0.05) is 29.1 Å². The van der Waals surface area contributed by atoms with Crippen molar-refractivity contribution in [3.8, 4) is 0 Å². The minimum atomic E-state index is -0.169. The van der Waals surface area contributed by atoms with E-state index in [1.54, 1.807) is 6.07 Å². The van der Waals surface area contributed by atoms with E-state index in [0.717, 1.165) is 29.7 Å². The van der Waals surface area contributed by atoms with E-state index in [4.69, 9.17) is 0 Å². The van der Waals surface area contributed by atoms with E-state index in [1.807, 2.05) is 6.07 Å². The average Bonchev–Trinajstić information content (AvgIpc) is 2.71. The number of hydrogen-bond donors (Lipinski definition) is 1. The lowest BCUT2D eigenvalue weighted by Crippen LogP contribution is -2.44. The van der Waals surface area contributed by atoms with Gasteiger partial charge in [0.1, 0.15) is 5.82 Å². The van der Waals surface area contributed by atoms with Crippen molar-refractivity contribution in [1.29, 1.82) is 0 Å². The van der Waals surface area contributed by atoms with Gasteiger partial charge in [-0.1, -0.05) is 15.9 Å². The lowest BCUT2D eigenvalue weighted by molar-refractivity contribution is 0.225. The van der Waals surface area contributed by atoms with Crippen LogP contribution in [0.2, 0.25) is 0 Å². The van der Waals surface area contributed by atoms with E-state index in [0.29, 0.717) is 6.04 Å². The summed E-state index contributed by atoms with van der Waals surface area (Å²) in [6, 6.07) is 5.70. The molecule has 1 N–H and O–H groups in total. The molecule has 1 heterocycles. The van der Waals surface area contributed by atoms with E-state index < -0.39 is 0 Å². The molecule has 0 spiro atoms.